The number of hydrogen-bond acceptors (Lipinski definition) is 8. The highest BCUT2D eigenvalue weighted by Crippen LogP contribution is 2.56. The fourth-order valence-electron chi connectivity index (χ4n) is 4.51. The fraction of sp³-hybridized carbons (Fsp3) is 0.462. The second-order valence-electron chi connectivity index (χ2n) is 8.07. The quantitative estimate of drug-likeness (QED) is 0.270. The van der Waals surface area contributed by atoms with Crippen molar-refractivity contribution in [3.8, 4) is 28.7 Å². The molecule has 1 saturated carbocycles. The summed E-state index contributed by atoms with van der Waals surface area (Å²) in [6.07, 6.45) is 1.99. The van der Waals surface area contributed by atoms with E-state index < -0.39 is 24.3 Å². The average Bonchev–Trinajstić information content (AvgIpc) is 3.38. The molecule has 9 heteroatoms. The molecular formula is C26H32O8P+. The van der Waals surface area contributed by atoms with Gasteiger partial charge in [-0.1, -0.05) is 10.6 Å². The van der Waals surface area contributed by atoms with Gasteiger partial charge in [-0.05, 0) is 38.8 Å². The van der Waals surface area contributed by atoms with Crippen LogP contribution in [0.25, 0.3) is 0 Å². The molecule has 2 aromatic carbocycles. The molecule has 0 radical (unpaired) electrons. The summed E-state index contributed by atoms with van der Waals surface area (Å²) < 4.78 is 41.6. The van der Waals surface area contributed by atoms with Gasteiger partial charge in [0.1, 0.15) is 34.3 Å². The van der Waals surface area contributed by atoms with Gasteiger partial charge >= 0.3 is 13.3 Å². The molecule has 188 valence electrons. The highest BCUT2D eigenvalue weighted by molar-refractivity contribution is 7.67. The zero-order chi connectivity index (χ0) is 25.6. The van der Waals surface area contributed by atoms with Crippen LogP contribution < -0.4 is 23.7 Å². The Morgan fingerprint density at radius 1 is 0.829 bits per heavy atom. The zero-order valence-electron chi connectivity index (χ0n) is 20.8. The van der Waals surface area contributed by atoms with Crippen LogP contribution in [0.1, 0.15) is 60.2 Å². The molecule has 0 aliphatic heterocycles. The molecule has 3 rings (SSSR count). The summed E-state index contributed by atoms with van der Waals surface area (Å²) in [5, 5.41) is -1.39. The first-order chi connectivity index (χ1) is 16.9. The van der Waals surface area contributed by atoms with Gasteiger partial charge in [0, 0.05) is 25.0 Å². The minimum absolute atomic E-state index is 0.0270. The third kappa shape index (κ3) is 4.98. The molecular weight excluding hydrogens is 471 g/mol. The lowest BCUT2D eigenvalue weighted by molar-refractivity contribution is 0.0923. The Hall–Kier alpha value is -3.12. The van der Waals surface area contributed by atoms with E-state index in [1.807, 2.05) is 13.8 Å². The van der Waals surface area contributed by atoms with Gasteiger partial charge < -0.3 is 23.7 Å². The third-order valence-electron chi connectivity index (χ3n) is 6.17. The van der Waals surface area contributed by atoms with Crippen molar-refractivity contribution in [2.24, 2.45) is 0 Å². The molecule has 8 nitrogen and oxygen atoms in total. The van der Waals surface area contributed by atoms with Crippen LogP contribution in [0.5, 0.6) is 28.7 Å². The summed E-state index contributed by atoms with van der Waals surface area (Å²) in [4.78, 5) is 27.9. The molecule has 1 atom stereocenters. The Kier molecular flexibility index (Phi) is 8.73. The second-order valence-corrected chi connectivity index (χ2v) is 9.92. The maximum Gasteiger partial charge on any atom is 0.434 e. The number of carbonyl (C=O) groups excluding carboxylic acids is 2. The summed E-state index contributed by atoms with van der Waals surface area (Å²) in [6, 6.07) is 8.17. The molecule has 0 aromatic heterocycles. The van der Waals surface area contributed by atoms with E-state index in [0.717, 1.165) is 0 Å². The zero-order valence-corrected chi connectivity index (χ0v) is 21.7. The summed E-state index contributed by atoms with van der Waals surface area (Å²) in [5.74, 6) is 1.06. The van der Waals surface area contributed by atoms with Gasteiger partial charge in [-0.2, -0.15) is 0 Å². The molecule has 0 spiro atoms. The Bertz CT molecular complexity index is 1060. The summed E-state index contributed by atoms with van der Waals surface area (Å²) in [5.41, 5.74) is -0.444. The van der Waals surface area contributed by atoms with E-state index in [-0.39, 0.29) is 22.6 Å². The lowest BCUT2D eigenvalue weighted by Crippen LogP contribution is -2.34. The molecule has 0 saturated heterocycles. The van der Waals surface area contributed by atoms with Crippen LogP contribution in [0.4, 0.5) is 0 Å². The van der Waals surface area contributed by atoms with E-state index >= 15 is 0 Å². The van der Waals surface area contributed by atoms with E-state index in [2.05, 4.69) is 0 Å². The number of methoxy groups -OCH3 is 3. The van der Waals surface area contributed by atoms with Crippen molar-refractivity contribution in [2.45, 2.75) is 44.7 Å². The van der Waals surface area contributed by atoms with Crippen molar-refractivity contribution in [3.63, 3.8) is 0 Å². The number of ether oxygens (including phenoxy) is 5. The standard InChI is InChI=1S/C26H32O8P/c1-6-33-18-11-10-12-19(34-7-2)22(18)24(27)26(13-8-9-14-26)35(29)25(28)23-20(31-4)15-17(30-3)16-21(23)32-5/h10-12,15-16H,6-9,13-14H2,1-5H3/q+1. The third-order valence-corrected chi connectivity index (χ3v) is 8.19. The van der Waals surface area contributed by atoms with Gasteiger partial charge in [-0.25, -0.2) is 4.79 Å². The number of benzene rings is 2. The molecule has 1 aliphatic rings. The van der Waals surface area contributed by atoms with E-state index in [1.165, 1.54) is 33.5 Å². The van der Waals surface area contributed by atoms with Gasteiger partial charge in [0.15, 0.2) is 5.56 Å². The predicted molar refractivity (Wildman–Crippen MR) is 132 cm³/mol. The summed E-state index contributed by atoms with van der Waals surface area (Å²) >= 11 is 0. The maximum atomic E-state index is 14.2. The van der Waals surface area contributed by atoms with Crippen molar-refractivity contribution in [2.75, 3.05) is 34.5 Å². The maximum absolute atomic E-state index is 14.2. The smallest absolute Gasteiger partial charge is 0.434 e. The number of carbonyl (C=O) groups is 2. The first kappa shape index (κ1) is 26.5. The van der Waals surface area contributed by atoms with Crippen molar-refractivity contribution < 1.29 is 37.8 Å². The fourth-order valence-corrected chi connectivity index (χ4v) is 6.34. The SMILES string of the molecule is CCOc1cccc(OCC)c1C(=O)C1([P+](=O)C(=O)c2c(OC)cc(OC)cc2OC)CCCC1. The van der Waals surface area contributed by atoms with Gasteiger partial charge in [-0.3, -0.25) is 4.79 Å². The lowest BCUT2D eigenvalue weighted by atomic mass is 9.93. The number of rotatable bonds is 12. The molecule has 0 heterocycles. The molecule has 0 amide bonds. The Morgan fingerprint density at radius 3 is 1.77 bits per heavy atom. The van der Waals surface area contributed by atoms with E-state index in [1.54, 1.807) is 18.2 Å². The van der Waals surface area contributed by atoms with Crippen molar-refractivity contribution in [1.29, 1.82) is 0 Å². The predicted octanol–water partition coefficient (Wildman–Crippen LogP) is 5.67. The van der Waals surface area contributed by atoms with E-state index in [0.29, 0.717) is 56.1 Å². The van der Waals surface area contributed by atoms with Crippen molar-refractivity contribution >= 4 is 19.1 Å². The first-order valence-electron chi connectivity index (χ1n) is 11.6. The molecule has 1 unspecified atom stereocenters. The van der Waals surface area contributed by atoms with Crippen LogP contribution in [0.2, 0.25) is 0 Å². The number of ketones is 1. The van der Waals surface area contributed by atoms with Gasteiger partial charge in [0.2, 0.25) is 10.9 Å². The Morgan fingerprint density at radius 2 is 1.34 bits per heavy atom. The largest absolute Gasteiger partial charge is 0.496 e. The van der Waals surface area contributed by atoms with Gasteiger partial charge in [0.25, 0.3) is 0 Å². The summed E-state index contributed by atoms with van der Waals surface area (Å²) in [6.45, 7) is 4.32. The van der Waals surface area contributed by atoms with Gasteiger partial charge in [-0.15, -0.1) is 0 Å². The number of hydrogen-bond donors (Lipinski definition) is 0. The molecule has 1 aliphatic carbocycles. The average molecular weight is 504 g/mol. The lowest BCUT2D eigenvalue weighted by Gasteiger charge is -2.21. The van der Waals surface area contributed by atoms with Gasteiger partial charge in [0.05, 0.1) is 34.5 Å². The number of Topliss-reactive ketones (excluding diaryl/α,β-unsaturated/α-hetero) is 1. The molecule has 0 N–H and O–H groups in total. The molecule has 1 fully saturated rings. The minimum Gasteiger partial charge on any atom is -0.496 e. The van der Waals surface area contributed by atoms with Crippen LogP contribution in [0.3, 0.4) is 0 Å². The van der Waals surface area contributed by atoms with E-state index in [9.17, 15) is 14.2 Å². The van der Waals surface area contributed by atoms with Crippen LogP contribution in [-0.4, -0.2) is 51.0 Å². The first-order valence-corrected chi connectivity index (χ1v) is 12.9. The Balaban J connectivity index is 2.14. The second kappa shape index (κ2) is 11.5. The van der Waals surface area contributed by atoms with Crippen molar-refractivity contribution in [1.82, 2.24) is 0 Å². The van der Waals surface area contributed by atoms with Crippen LogP contribution in [0.15, 0.2) is 30.3 Å². The van der Waals surface area contributed by atoms with Crippen LogP contribution in [0, 0.1) is 0 Å². The minimum atomic E-state index is -2.72. The molecule has 2 aromatic rings. The van der Waals surface area contributed by atoms with E-state index in [4.69, 9.17) is 23.7 Å². The highest BCUT2D eigenvalue weighted by atomic mass is 31.1. The highest BCUT2D eigenvalue weighted by Gasteiger charge is 2.62. The topological polar surface area (TPSA) is 97.4 Å². The van der Waals surface area contributed by atoms with Crippen LogP contribution >= 0.6 is 7.80 Å². The normalized spacial score (nSPS) is 14.7. The monoisotopic (exact) mass is 503 g/mol. The summed E-state index contributed by atoms with van der Waals surface area (Å²) in [7, 11) is 1.57. The Labute approximate surface area is 206 Å². The molecule has 0 bridgehead atoms. The van der Waals surface area contributed by atoms with Crippen molar-refractivity contribution in [3.05, 3.63) is 41.5 Å². The van der Waals surface area contributed by atoms with Crippen LogP contribution in [-0.2, 0) is 4.57 Å². The molecule has 35 heavy (non-hydrogen) atoms.